The summed E-state index contributed by atoms with van der Waals surface area (Å²) in [7, 11) is 0. The molecule has 0 aliphatic heterocycles. The molecule has 0 saturated heterocycles. The molecule has 3 nitrogen and oxygen atoms in total. The number of nitrogens with two attached hydrogens (primary N) is 1. The van der Waals surface area contributed by atoms with Gasteiger partial charge in [0.15, 0.2) is 0 Å². The van der Waals surface area contributed by atoms with Gasteiger partial charge in [0.25, 0.3) is 0 Å². The van der Waals surface area contributed by atoms with Gasteiger partial charge in [-0.15, -0.1) is 0 Å². The van der Waals surface area contributed by atoms with Crippen LogP contribution in [-0.2, 0) is 0 Å². The minimum atomic E-state index is -1.22. The van der Waals surface area contributed by atoms with Gasteiger partial charge in [-0.05, 0) is 0 Å². The van der Waals surface area contributed by atoms with Crippen LogP contribution in [0.1, 0.15) is 12.8 Å². The third-order valence-electron chi connectivity index (χ3n) is 2.25. The fourth-order valence-corrected chi connectivity index (χ4v) is 5.73. The zero-order valence-electron chi connectivity index (χ0n) is 9.06. The summed E-state index contributed by atoms with van der Waals surface area (Å²) in [6.45, 7) is 0. The first kappa shape index (κ1) is 12.6. The second-order valence-corrected chi connectivity index (χ2v) is 8.62. The van der Waals surface area contributed by atoms with Crippen LogP contribution >= 0.6 is 0 Å². The molecule has 0 saturated carbocycles. The van der Waals surface area contributed by atoms with Crippen LogP contribution < -0.4 is 10.1 Å². The summed E-state index contributed by atoms with van der Waals surface area (Å²) >= 11 is -1.22. The Balaban J connectivity index is 2.71. The summed E-state index contributed by atoms with van der Waals surface area (Å²) in [5, 5.41) is 19.1. The van der Waals surface area contributed by atoms with E-state index >= 15 is 0 Å². The Morgan fingerprint density at radius 1 is 1.00 bits per heavy atom. The van der Waals surface area contributed by atoms with E-state index in [-0.39, 0.29) is 0 Å². The van der Waals surface area contributed by atoms with Gasteiger partial charge in [0.2, 0.25) is 0 Å². The standard InChI is InChI=1S/C12H14AsN3/c14-9-1-7-13(8-2-10-15)11-3-5-12(16)6-4-11/h3-6H,1-2,7-8,16H2. The van der Waals surface area contributed by atoms with Crippen molar-refractivity contribution in [2.24, 2.45) is 0 Å². The Hall–Kier alpha value is -1.44. The molecular weight excluding hydrogens is 261 g/mol. The van der Waals surface area contributed by atoms with Crippen molar-refractivity contribution in [1.82, 2.24) is 0 Å². The zero-order valence-corrected chi connectivity index (χ0v) is 10.9. The van der Waals surface area contributed by atoms with E-state index in [0.717, 1.165) is 16.1 Å². The number of anilines is 1. The number of benzene rings is 1. The van der Waals surface area contributed by atoms with E-state index in [9.17, 15) is 0 Å². The van der Waals surface area contributed by atoms with Gasteiger partial charge in [0, 0.05) is 0 Å². The van der Waals surface area contributed by atoms with Crippen LogP contribution in [0.3, 0.4) is 0 Å². The number of nitrogen functional groups attached to an aromatic ring is 1. The average Bonchev–Trinajstić information content (AvgIpc) is 2.31. The van der Waals surface area contributed by atoms with Gasteiger partial charge >= 0.3 is 101 Å². The molecule has 4 heteroatoms. The van der Waals surface area contributed by atoms with Crippen LogP contribution in [0.4, 0.5) is 5.69 Å². The van der Waals surface area contributed by atoms with Crippen LogP contribution in [0.25, 0.3) is 0 Å². The SMILES string of the molecule is N#CCC[As](CCC#N)c1ccc(N)cc1. The second-order valence-electron chi connectivity index (χ2n) is 3.39. The predicted molar refractivity (Wildman–Crippen MR) is 66.3 cm³/mol. The maximum absolute atomic E-state index is 8.62. The molecule has 0 fully saturated rings. The fourth-order valence-electron chi connectivity index (χ4n) is 1.43. The predicted octanol–water partition coefficient (Wildman–Crippen LogP) is 1.80. The minimum absolute atomic E-state index is 0.593. The van der Waals surface area contributed by atoms with Crippen LogP contribution in [-0.4, -0.2) is 14.7 Å². The van der Waals surface area contributed by atoms with E-state index in [1.54, 1.807) is 0 Å². The summed E-state index contributed by atoms with van der Waals surface area (Å²) in [6.07, 6.45) is 1.19. The molecule has 0 amide bonds. The van der Waals surface area contributed by atoms with Crippen LogP contribution in [0.5, 0.6) is 0 Å². The molecule has 0 radical (unpaired) electrons. The first-order valence-corrected chi connectivity index (χ1v) is 8.71. The normalized spacial score (nSPS) is 9.69. The van der Waals surface area contributed by atoms with Gasteiger partial charge in [-0.3, -0.25) is 0 Å². The van der Waals surface area contributed by atoms with Crippen molar-refractivity contribution < 1.29 is 0 Å². The molecule has 0 unspecified atom stereocenters. The number of nitriles is 2. The monoisotopic (exact) mass is 275 g/mol. The summed E-state index contributed by atoms with van der Waals surface area (Å²) in [5.74, 6) is 0. The third-order valence-corrected chi connectivity index (χ3v) is 7.61. The van der Waals surface area contributed by atoms with Gasteiger partial charge in [-0.1, -0.05) is 0 Å². The molecule has 1 aromatic rings. The van der Waals surface area contributed by atoms with Crippen molar-refractivity contribution in [2.45, 2.75) is 23.3 Å². The topological polar surface area (TPSA) is 73.6 Å². The Bertz CT molecular complexity index is 382. The van der Waals surface area contributed by atoms with E-state index in [1.165, 1.54) is 4.35 Å². The fraction of sp³-hybridized carbons (Fsp3) is 0.333. The number of hydrogen-bond acceptors (Lipinski definition) is 3. The Labute approximate surface area is 101 Å². The number of nitrogens with zero attached hydrogens (tertiary/aromatic N) is 2. The van der Waals surface area contributed by atoms with Crippen molar-refractivity contribution in [3.63, 3.8) is 0 Å². The van der Waals surface area contributed by atoms with Gasteiger partial charge in [-0.2, -0.15) is 0 Å². The molecular formula is C12H14AsN3. The molecule has 1 rings (SSSR count). The van der Waals surface area contributed by atoms with E-state index < -0.39 is 14.7 Å². The number of hydrogen-bond donors (Lipinski definition) is 1. The first-order valence-electron chi connectivity index (χ1n) is 5.12. The molecule has 0 aliphatic rings. The van der Waals surface area contributed by atoms with Gasteiger partial charge in [-0.25, -0.2) is 0 Å². The van der Waals surface area contributed by atoms with E-state index in [2.05, 4.69) is 12.1 Å². The van der Waals surface area contributed by atoms with Crippen LogP contribution in [0.15, 0.2) is 24.3 Å². The Morgan fingerprint density at radius 2 is 1.50 bits per heavy atom. The number of rotatable bonds is 5. The van der Waals surface area contributed by atoms with Crippen LogP contribution in [0.2, 0.25) is 10.4 Å². The second kappa shape index (κ2) is 6.94. The van der Waals surface area contributed by atoms with E-state index in [0.29, 0.717) is 12.8 Å². The molecule has 0 heterocycles. The summed E-state index contributed by atoms with van der Waals surface area (Å²) < 4.78 is 1.31. The van der Waals surface area contributed by atoms with E-state index in [1.807, 2.05) is 24.3 Å². The first-order chi connectivity index (χ1) is 7.77. The molecule has 0 aliphatic carbocycles. The molecule has 1 aromatic carbocycles. The third kappa shape index (κ3) is 3.97. The zero-order chi connectivity index (χ0) is 11.8. The van der Waals surface area contributed by atoms with Crippen molar-refractivity contribution in [2.75, 3.05) is 5.73 Å². The molecule has 16 heavy (non-hydrogen) atoms. The molecule has 2 N–H and O–H groups in total. The molecule has 0 aromatic heterocycles. The molecule has 82 valence electrons. The molecule has 0 atom stereocenters. The van der Waals surface area contributed by atoms with Gasteiger partial charge < -0.3 is 0 Å². The maximum atomic E-state index is 8.62. The average molecular weight is 275 g/mol. The van der Waals surface area contributed by atoms with Gasteiger partial charge in [0.1, 0.15) is 0 Å². The van der Waals surface area contributed by atoms with Crippen molar-refractivity contribution >= 4 is 24.7 Å². The summed E-state index contributed by atoms with van der Waals surface area (Å²) in [6, 6.07) is 12.3. The summed E-state index contributed by atoms with van der Waals surface area (Å²) in [4.78, 5) is 0. The Kier molecular flexibility index (Phi) is 5.47. The quantitative estimate of drug-likeness (QED) is 0.657. The molecule has 0 bridgehead atoms. The summed E-state index contributed by atoms with van der Waals surface area (Å²) in [5.41, 5.74) is 6.40. The van der Waals surface area contributed by atoms with Crippen molar-refractivity contribution in [1.29, 1.82) is 10.5 Å². The van der Waals surface area contributed by atoms with Gasteiger partial charge in [0.05, 0.1) is 0 Å². The van der Waals surface area contributed by atoms with Crippen LogP contribution in [0, 0.1) is 22.7 Å². The van der Waals surface area contributed by atoms with Crippen molar-refractivity contribution in [3.05, 3.63) is 24.3 Å². The van der Waals surface area contributed by atoms with Crippen molar-refractivity contribution in [3.8, 4) is 12.1 Å². The van der Waals surface area contributed by atoms with E-state index in [4.69, 9.17) is 16.3 Å². The molecule has 0 spiro atoms. The Morgan fingerprint density at radius 3 is 1.94 bits per heavy atom.